The molecule has 0 aromatic carbocycles. The summed E-state index contributed by atoms with van der Waals surface area (Å²) in [7, 11) is 0. The Labute approximate surface area is 93.8 Å². The normalized spacial score (nSPS) is 15.2. The molecule has 1 aliphatic rings. The Bertz CT molecular complexity index is 379. The lowest BCUT2D eigenvalue weighted by Crippen LogP contribution is -2.03. The molecule has 0 amide bonds. The minimum atomic E-state index is -0.443. The van der Waals surface area contributed by atoms with Gasteiger partial charge in [0.15, 0.2) is 0 Å². The summed E-state index contributed by atoms with van der Waals surface area (Å²) in [5, 5.41) is 10.7. The molecule has 2 rings (SSSR count). The number of nitrogens with zero attached hydrogens (tertiary/aromatic N) is 2. The third-order valence-corrected chi connectivity index (χ3v) is 2.61. The lowest BCUT2D eigenvalue weighted by atomic mass is 10.4. The van der Waals surface area contributed by atoms with Crippen LogP contribution in [-0.4, -0.2) is 16.0 Å². The third-order valence-electron chi connectivity index (χ3n) is 1.85. The molecule has 1 aromatic heterocycles. The van der Waals surface area contributed by atoms with Crippen molar-refractivity contribution >= 4 is 28.3 Å². The zero-order valence-corrected chi connectivity index (χ0v) is 9.30. The molecule has 5 nitrogen and oxygen atoms in total. The van der Waals surface area contributed by atoms with Crippen LogP contribution >= 0.6 is 22.6 Å². The molecule has 1 aliphatic carbocycles. The molecule has 1 heterocycles. The number of aromatic nitrogens is 1. The van der Waals surface area contributed by atoms with Crippen molar-refractivity contribution in [1.29, 1.82) is 0 Å². The standard InChI is InChI=1S/C8H7IN2O3/c9-8-7(14-5-1-2-5)6(11(12)13)3-4-10-8/h3-5H,1-2H2. The molecule has 0 bridgehead atoms. The van der Waals surface area contributed by atoms with Crippen LogP contribution in [0.15, 0.2) is 12.3 Å². The van der Waals surface area contributed by atoms with Gasteiger partial charge in [0.25, 0.3) is 0 Å². The highest BCUT2D eigenvalue weighted by Gasteiger charge is 2.29. The minimum absolute atomic E-state index is 0.00343. The first-order valence-corrected chi connectivity index (χ1v) is 5.22. The van der Waals surface area contributed by atoms with Gasteiger partial charge in [-0.05, 0) is 35.4 Å². The van der Waals surface area contributed by atoms with Crippen LogP contribution in [0.5, 0.6) is 5.75 Å². The highest BCUT2D eigenvalue weighted by atomic mass is 127. The van der Waals surface area contributed by atoms with Gasteiger partial charge in [0.05, 0.1) is 11.0 Å². The van der Waals surface area contributed by atoms with E-state index in [0.717, 1.165) is 12.8 Å². The molecule has 14 heavy (non-hydrogen) atoms. The van der Waals surface area contributed by atoms with E-state index in [1.807, 2.05) is 22.6 Å². The smallest absolute Gasteiger partial charge is 0.315 e. The predicted molar refractivity (Wildman–Crippen MR) is 57.3 cm³/mol. The van der Waals surface area contributed by atoms with E-state index in [2.05, 4.69) is 4.98 Å². The van der Waals surface area contributed by atoms with Crippen molar-refractivity contribution in [2.75, 3.05) is 0 Å². The monoisotopic (exact) mass is 306 g/mol. The van der Waals surface area contributed by atoms with Crippen molar-refractivity contribution in [3.8, 4) is 5.75 Å². The van der Waals surface area contributed by atoms with Crippen molar-refractivity contribution in [2.24, 2.45) is 0 Å². The fourth-order valence-electron chi connectivity index (χ4n) is 1.02. The van der Waals surface area contributed by atoms with Crippen molar-refractivity contribution < 1.29 is 9.66 Å². The molecule has 1 aromatic rings. The lowest BCUT2D eigenvalue weighted by molar-refractivity contribution is -0.386. The van der Waals surface area contributed by atoms with Gasteiger partial charge < -0.3 is 4.74 Å². The van der Waals surface area contributed by atoms with Crippen LogP contribution in [0.3, 0.4) is 0 Å². The van der Waals surface area contributed by atoms with E-state index >= 15 is 0 Å². The zero-order chi connectivity index (χ0) is 10.1. The first-order valence-electron chi connectivity index (χ1n) is 4.14. The second kappa shape index (κ2) is 3.68. The number of hydrogen-bond acceptors (Lipinski definition) is 4. The van der Waals surface area contributed by atoms with Gasteiger partial charge in [-0.2, -0.15) is 0 Å². The van der Waals surface area contributed by atoms with Crippen molar-refractivity contribution in [3.05, 3.63) is 26.1 Å². The highest BCUT2D eigenvalue weighted by Crippen LogP contribution is 2.35. The molecule has 0 aliphatic heterocycles. The fraction of sp³-hybridized carbons (Fsp3) is 0.375. The van der Waals surface area contributed by atoms with Gasteiger partial charge in [-0.1, -0.05) is 0 Å². The summed E-state index contributed by atoms with van der Waals surface area (Å²) in [4.78, 5) is 14.2. The minimum Gasteiger partial charge on any atom is -0.482 e. The Morgan fingerprint density at radius 3 is 2.93 bits per heavy atom. The molecular formula is C8H7IN2O3. The van der Waals surface area contributed by atoms with Gasteiger partial charge in [0.2, 0.25) is 5.75 Å². The molecule has 0 atom stereocenters. The van der Waals surface area contributed by atoms with Crippen LogP contribution in [0.4, 0.5) is 5.69 Å². The first kappa shape index (κ1) is 9.63. The maximum absolute atomic E-state index is 10.7. The van der Waals surface area contributed by atoms with Crippen LogP contribution in [0.25, 0.3) is 0 Å². The summed E-state index contributed by atoms with van der Waals surface area (Å²) in [6, 6.07) is 1.36. The van der Waals surface area contributed by atoms with Gasteiger partial charge in [0.1, 0.15) is 3.70 Å². The Morgan fingerprint density at radius 2 is 2.36 bits per heavy atom. The number of halogens is 1. The fourth-order valence-corrected chi connectivity index (χ4v) is 1.58. The Balaban J connectivity index is 2.36. The zero-order valence-electron chi connectivity index (χ0n) is 7.14. The third kappa shape index (κ3) is 1.94. The Hall–Kier alpha value is -0.920. The number of ether oxygens (including phenoxy) is 1. The van der Waals surface area contributed by atoms with Crippen LogP contribution in [-0.2, 0) is 0 Å². The van der Waals surface area contributed by atoms with E-state index in [-0.39, 0.29) is 11.8 Å². The van der Waals surface area contributed by atoms with Crippen molar-refractivity contribution in [1.82, 2.24) is 4.98 Å². The Kier molecular flexibility index (Phi) is 2.53. The van der Waals surface area contributed by atoms with Gasteiger partial charge in [-0.15, -0.1) is 0 Å². The number of rotatable bonds is 3. The van der Waals surface area contributed by atoms with E-state index in [1.165, 1.54) is 12.3 Å². The second-order valence-corrected chi connectivity index (χ2v) is 4.05. The lowest BCUT2D eigenvalue weighted by Gasteiger charge is -2.05. The largest absolute Gasteiger partial charge is 0.482 e. The van der Waals surface area contributed by atoms with E-state index in [4.69, 9.17) is 4.74 Å². The average Bonchev–Trinajstić information content (AvgIpc) is 2.91. The maximum atomic E-state index is 10.7. The summed E-state index contributed by atoms with van der Waals surface area (Å²) in [6.45, 7) is 0. The van der Waals surface area contributed by atoms with Crippen LogP contribution in [0.2, 0.25) is 0 Å². The number of hydrogen-bond donors (Lipinski definition) is 0. The van der Waals surface area contributed by atoms with Crippen LogP contribution in [0, 0.1) is 13.8 Å². The van der Waals surface area contributed by atoms with Crippen LogP contribution in [0.1, 0.15) is 12.8 Å². The molecule has 0 radical (unpaired) electrons. The van der Waals surface area contributed by atoms with E-state index in [1.54, 1.807) is 0 Å². The highest BCUT2D eigenvalue weighted by molar-refractivity contribution is 14.1. The quantitative estimate of drug-likeness (QED) is 0.371. The molecule has 0 spiro atoms. The molecule has 0 unspecified atom stereocenters. The molecule has 0 saturated heterocycles. The average molecular weight is 306 g/mol. The summed E-state index contributed by atoms with van der Waals surface area (Å²) in [5.41, 5.74) is -0.00343. The Morgan fingerprint density at radius 1 is 1.64 bits per heavy atom. The van der Waals surface area contributed by atoms with Gasteiger partial charge in [0, 0.05) is 12.3 Å². The second-order valence-electron chi connectivity index (χ2n) is 3.02. The van der Waals surface area contributed by atoms with Crippen molar-refractivity contribution in [3.63, 3.8) is 0 Å². The first-order chi connectivity index (χ1) is 6.68. The van der Waals surface area contributed by atoms with Gasteiger partial charge in [-0.3, -0.25) is 10.1 Å². The topological polar surface area (TPSA) is 65.3 Å². The summed E-state index contributed by atoms with van der Waals surface area (Å²) in [5.74, 6) is 0.306. The summed E-state index contributed by atoms with van der Waals surface area (Å²) >= 11 is 1.94. The van der Waals surface area contributed by atoms with Crippen LogP contribution < -0.4 is 4.74 Å². The number of nitro groups is 1. The summed E-state index contributed by atoms with van der Waals surface area (Å²) in [6.07, 6.45) is 3.51. The van der Waals surface area contributed by atoms with Crippen molar-refractivity contribution in [2.45, 2.75) is 18.9 Å². The molecule has 1 fully saturated rings. The number of pyridine rings is 1. The van der Waals surface area contributed by atoms with Gasteiger partial charge >= 0.3 is 5.69 Å². The van der Waals surface area contributed by atoms with E-state index < -0.39 is 4.92 Å². The van der Waals surface area contributed by atoms with E-state index in [9.17, 15) is 10.1 Å². The maximum Gasteiger partial charge on any atom is 0.315 e. The van der Waals surface area contributed by atoms with E-state index in [0.29, 0.717) is 9.45 Å². The predicted octanol–water partition coefficient (Wildman–Crippen LogP) is 2.14. The van der Waals surface area contributed by atoms with Gasteiger partial charge in [-0.25, -0.2) is 4.98 Å². The summed E-state index contributed by atoms with van der Waals surface area (Å²) < 4.78 is 5.98. The molecule has 6 heteroatoms. The molecule has 0 N–H and O–H groups in total. The molecular weight excluding hydrogens is 299 g/mol. The molecule has 1 saturated carbocycles. The molecule has 74 valence electrons. The SMILES string of the molecule is O=[N+]([O-])c1ccnc(I)c1OC1CC1.